The number of methoxy groups -OCH3 is 1. The van der Waals surface area contributed by atoms with Crippen molar-refractivity contribution in [1.82, 2.24) is 5.32 Å². The van der Waals surface area contributed by atoms with Gasteiger partial charge < -0.3 is 14.8 Å². The number of hydrogen-bond donors (Lipinski definition) is 1. The van der Waals surface area contributed by atoms with Gasteiger partial charge in [0.15, 0.2) is 0 Å². The van der Waals surface area contributed by atoms with E-state index in [9.17, 15) is 0 Å². The highest BCUT2D eigenvalue weighted by Gasteiger charge is 1.98. The van der Waals surface area contributed by atoms with Gasteiger partial charge in [0.1, 0.15) is 12.4 Å². The van der Waals surface area contributed by atoms with Crippen molar-refractivity contribution in [3.63, 3.8) is 0 Å². The lowest BCUT2D eigenvalue weighted by Crippen LogP contribution is -2.23. The Hall–Kier alpha value is -1.06. The van der Waals surface area contributed by atoms with Crippen molar-refractivity contribution < 1.29 is 9.47 Å². The Morgan fingerprint density at radius 1 is 1.12 bits per heavy atom. The van der Waals surface area contributed by atoms with Gasteiger partial charge in [-0.2, -0.15) is 0 Å². The predicted molar refractivity (Wildman–Crippen MR) is 70.8 cm³/mol. The number of ether oxygens (including phenoxy) is 2. The lowest BCUT2D eigenvalue weighted by Gasteiger charge is -2.10. The number of nitrogens with one attached hydrogen (secondary N) is 1. The summed E-state index contributed by atoms with van der Waals surface area (Å²) in [6, 6.07) is 6.26. The zero-order chi connectivity index (χ0) is 12.5. The topological polar surface area (TPSA) is 30.5 Å². The summed E-state index contributed by atoms with van der Waals surface area (Å²) in [6.45, 7) is 7.53. The van der Waals surface area contributed by atoms with E-state index in [2.05, 4.69) is 31.3 Å². The minimum absolute atomic E-state index is 0.705. The van der Waals surface area contributed by atoms with Crippen LogP contribution in [0, 0.1) is 13.8 Å². The molecule has 0 aromatic heterocycles. The largest absolute Gasteiger partial charge is 0.492 e. The zero-order valence-corrected chi connectivity index (χ0v) is 11.1. The van der Waals surface area contributed by atoms with E-state index in [1.54, 1.807) is 7.11 Å². The van der Waals surface area contributed by atoms with Crippen LogP contribution in [0.5, 0.6) is 5.75 Å². The summed E-state index contributed by atoms with van der Waals surface area (Å²) < 4.78 is 10.7. The molecule has 0 saturated carbocycles. The summed E-state index contributed by atoms with van der Waals surface area (Å²) in [6.07, 6.45) is 1.04. The minimum Gasteiger partial charge on any atom is -0.492 e. The maximum Gasteiger partial charge on any atom is 0.122 e. The summed E-state index contributed by atoms with van der Waals surface area (Å²) in [5, 5.41) is 3.32. The highest BCUT2D eigenvalue weighted by atomic mass is 16.5. The van der Waals surface area contributed by atoms with Crippen molar-refractivity contribution in [1.29, 1.82) is 0 Å². The van der Waals surface area contributed by atoms with Crippen molar-refractivity contribution in [3.8, 4) is 5.75 Å². The van der Waals surface area contributed by atoms with Crippen LogP contribution in [0.15, 0.2) is 18.2 Å². The van der Waals surface area contributed by atoms with Crippen molar-refractivity contribution in [2.24, 2.45) is 0 Å². The first-order valence-electron chi connectivity index (χ1n) is 6.13. The third kappa shape index (κ3) is 5.71. The number of benzene rings is 1. The van der Waals surface area contributed by atoms with E-state index in [4.69, 9.17) is 9.47 Å². The molecule has 96 valence electrons. The number of rotatable bonds is 8. The predicted octanol–water partition coefficient (Wildman–Crippen LogP) is 2.31. The van der Waals surface area contributed by atoms with Gasteiger partial charge in [-0.3, -0.25) is 0 Å². The molecule has 0 aliphatic rings. The van der Waals surface area contributed by atoms with E-state index in [0.29, 0.717) is 6.61 Å². The fourth-order valence-electron chi connectivity index (χ4n) is 1.66. The van der Waals surface area contributed by atoms with Gasteiger partial charge in [-0.25, -0.2) is 0 Å². The second-order valence-corrected chi connectivity index (χ2v) is 4.21. The molecule has 0 spiro atoms. The first kappa shape index (κ1) is 14.0. The SMILES string of the molecule is COCCCNCCOc1ccc(C)cc1C. The van der Waals surface area contributed by atoms with Crippen molar-refractivity contribution in [2.45, 2.75) is 20.3 Å². The molecule has 1 N–H and O–H groups in total. The van der Waals surface area contributed by atoms with Gasteiger partial charge in [-0.1, -0.05) is 17.7 Å². The molecule has 1 rings (SSSR count). The third-order valence-electron chi connectivity index (χ3n) is 2.57. The maximum absolute atomic E-state index is 5.70. The molecule has 17 heavy (non-hydrogen) atoms. The quantitative estimate of drug-likeness (QED) is 0.704. The van der Waals surface area contributed by atoms with Gasteiger partial charge >= 0.3 is 0 Å². The summed E-state index contributed by atoms with van der Waals surface area (Å²) in [4.78, 5) is 0. The van der Waals surface area contributed by atoms with E-state index >= 15 is 0 Å². The second kappa shape index (κ2) is 8.09. The Morgan fingerprint density at radius 3 is 2.65 bits per heavy atom. The lowest BCUT2D eigenvalue weighted by atomic mass is 10.1. The van der Waals surface area contributed by atoms with Gasteiger partial charge in [-0.05, 0) is 38.4 Å². The summed E-state index contributed by atoms with van der Waals surface area (Å²) >= 11 is 0. The van der Waals surface area contributed by atoms with Gasteiger partial charge in [0, 0.05) is 20.3 Å². The van der Waals surface area contributed by atoms with Gasteiger partial charge in [0.25, 0.3) is 0 Å². The normalized spacial score (nSPS) is 10.5. The maximum atomic E-state index is 5.70. The molecule has 0 heterocycles. The first-order chi connectivity index (χ1) is 8.24. The smallest absolute Gasteiger partial charge is 0.122 e. The molecule has 0 amide bonds. The van der Waals surface area contributed by atoms with Gasteiger partial charge in [0.2, 0.25) is 0 Å². The highest BCUT2D eigenvalue weighted by molar-refractivity contribution is 5.35. The molecular formula is C14H23NO2. The molecule has 0 radical (unpaired) electrons. The standard InChI is InChI=1S/C14H23NO2/c1-12-5-6-14(13(2)11-12)17-10-8-15-7-4-9-16-3/h5-6,11,15H,4,7-10H2,1-3H3. The van der Waals surface area contributed by atoms with Crippen molar-refractivity contribution in [2.75, 3.05) is 33.4 Å². The van der Waals surface area contributed by atoms with E-state index in [-0.39, 0.29) is 0 Å². The Morgan fingerprint density at radius 2 is 1.94 bits per heavy atom. The van der Waals surface area contributed by atoms with Crippen molar-refractivity contribution in [3.05, 3.63) is 29.3 Å². The van der Waals surface area contributed by atoms with Crippen LogP contribution in [-0.4, -0.2) is 33.4 Å². The summed E-state index contributed by atoms with van der Waals surface area (Å²) in [5.74, 6) is 0.981. The Bertz CT molecular complexity index is 326. The van der Waals surface area contributed by atoms with E-state index < -0.39 is 0 Å². The molecule has 0 bridgehead atoms. The Kier molecular flexibility index (Phi) is 6.67. The van der Waals surface area contributed by atoms with Crippen LogP contribution >= 0.6 is 0 Å². The minimum atomic E-state index is 0.705. The van der Waals surface area contributed by atoms with Crippen LogP contribution in [-0.2, 0) is 4.74 Å². The lowest BCUT2D eigenvalue weighted by molar-refractivity contribution is 0.193. The summed E-state index contributed by atoms with van der Waals surface area (Å²) in [7, 11) is 1.73. The molecule has 1 aromatic rings. The van der Waals surface area contributed by atoms with Crippen molar-refractivity contribution >= 4 is 0 Å². The van der Waals surface area contributed by atoms with Crippen LogP contribution in [0.1, 0.15) is 17.5 Å². The van der Waals surface area contributed by atoms with Crippen LogP contribution in [0.2, 0.25) is 0 Å². The molecule has 0 unspecified atom stereocenters. The van der Waals surface area contributed by atoms with E-state index in [0.717, 1.165) is 31.9 Å². The monoisotopic (exact) mass is 237 g/mol. The molecule has 0 aliphatic heterocycles. The molecule has 1 aromatic carbocycles. The Labute approximate surface area is 104 Å². The van der Waals surface area contributed by atoms with Crippen LogP contribution in [0.4, 0.5) is 0 Å². The number of aryl methyl sites for hydroxylation is 2. The summed E-state index contributed by atoms with van der Waals surface area (Å²) in [5.41, 5.74) is 2.47. The molecule has 0 fully saturated rings. The number of hydrogen-bond acceptors (Lipinski definition) is 3. The zero-order valence-electron chi connectivity index (χ0n) is 11.1. The highest BCUT2D eigenvalue weighted by Crippen LogP contribution is 2.18. The molecule has 0 aliphatic carbocycles. The average Bonchev–Trinajstić information content (AvgIpc) is 2.30. The molecule has 3 nitrogen and oxygen atoms in total. The third-order valence-corrected chi connectivity index (χ3v) is 2.57. The van der Waals surface area contributed by atoms with Crippen LogP contribution in [0.25, 0.3) is 0 Å². The average molecular weight is 237 g/mol. The fourth-order valence-corrected chi connectivity index (χ4v) is 1.66. The van der Waals surface area contributed by atoms with Crippen LogP contribution in [0.3, 0.4) is 0 Å². The Balaban J connectivity index is 2.14. The van der Waals surface area contributed by atoms with E-state index in [1.807, 2.05) is 6.07 Å². The first-order valence-corrected chi connectivity index (χ1v) is 6.13. The molecule has 3 heteroatoms. The molecule has 0 saturated heterocycles. The second-order valence-electron chi connectivity index (χ2n) is 4.21. The van der Waals surface area contributed by atoms with Crippen LogP contribution < -0.4 is 10.1 Å². The molecular weight excluding hydrogens is 214 g/mol. The molecule has 0 atom stereocenters. The van der Waals surface area contributed by atoms with E-state index in [1.165, 1.54) is 11.1 Å². The fraction of sp³-hybridized carbons (Fsp3) is 0.571. The van der Waals surface area contributed by atoms with Gasteiger partial charge in [0.05, 0.1) is 0 Å². The van der Waals surface area contributed by atoms with Gasteiger partial charge in [-0.15, -0.1) is 0 Å².